The van der Waals surface area contributed by atoms with Gasteiger partial charge in [0, 0.05) is 24.7 Å². The number of hydrogen-bond donors (Lipinski definition) is 2. The van der Waals surface area contributed by atoms with Crippen LogP contribution in [0.25, 0.3) is 0 Å². The van der Waals surface area contributed by atoms with Gasteiger partial charge in [-0.15, -0.1) is 0 Å². The van der Waals surface area contributed by atoms with Crippen LogP contribution in [0.3, 0.4) is 0 Å². The van der Waals surface area contributed by atoms with E-state index in [2.05, 4.69) is 30.9 Å². The van der Waals surface area contributed by atoms with Crippen LogP contribution in [0.15, 0.2) is 54.6 Å². The third-order valence-electron chi connectivity index (χ3n) is 4.25. The van der Waals surface area contributed by atoms with E-state index in [1.807, 2.05) is 36.4 Å². The molecule has 2 aromatic carbocycles. The van der Waals surface area contributed by atoms with Gasteiger partial charge in [0.25, 0.3) is 0 Å². The minimum absolute atomic E-state index is 0.0439. The Morgan fingerprint density at radius 2 is 1.67 bits per heavy atom. The fourth-order valence-electron chi connectivity index (χ4n) is 2.91. The summed E-state index contributed by atoms with van der Waals surface area (Å²) in [7, 11) is 0. The molecular weight excluding hydrogens is 300 g/mol. The van der Waals surface area contributed by atoms with Crippen molar-refractivity contribution in [3.8, 4) is 0 Å². The third kappa shape index (κ3) is 4.91. The van der Waals surface area contributed by atoms with Gasteiger partial charge in [-0.2, -0.15) is 0 Å². The van der Waals surface area contributed by atoms with Crippen molar-refractivity contribution in [1.82, 2.24) is 4.90 Å². The summed E-state index contributed by atoms with van der Waals surface area (Å²) in [5.41, 5.74) is 8.10. The van der Waals surface area contributed by atoms with Gasteiger partial charge in [-0.3, -0.25) is 9.69 Å². The lowest BCUT2D eigenvalue weighted by atomic mass is 10.0. The highest BCUT2D eigenvalue weighted by Gasteiger charge is 2.21. The van der Waals surface area contributed by atoms with Crippen LogP contribution in [0.2, 0.25) is 0 Å². The normalized spacial score (nSPS) is 12.5. The molecule has 128 valence electrons. The van der Waals surface area contributed by atoms with Crippen molar-refractivity contribution in [2.24, 2.45) is 11.7 Å². The molecule has 0 saturated carbocycles. The number of carbonyl (C=O) groups excluding carboxylic acids is 1. The summed E-state index contributed by atoms with van der Waals surface area (Å²) in [4.78, 5) is 13.6. The van der Waals surface area contributed by atoms with Gasteiger partial charge in [0.2, 0.25) is 5.91 Å². The van der Waals surface area contributed by atoms with Gasteiger partial charge in [0.15, 0.2) is 0 Å². The maximum Gasteiger partial charge on any atom is 0.248 e. The topological polar surface area (TPSA) is 66.6 Å². The van der Waals surface area contributed by atoms with E-state index in [9.17, 15) is 9.90 Å². The number of amides is 1. The summed E-state index contributed by atoms with van der Waals surface area (Å²) >= 11 is 0. The standard InChI is InChI=1S/C20H26N2O2/c1-15(2)19(14-23)22(12-16-7-4-3-5-8-16)13-17-9-6-10-18(11-17)20(21)24/h3-11,15,19,23H,12-14H2,1-2H3,(H2,21,24). The highest BCUT2D eigenvalue weighted by Crippen LogP contribution is 2.19. The Morgan fingerprint density at radius 1 is 1.04 bits per heavy atom. The van der Waals surface area contributed by atoms with Crippen LogP contribution >= 0.6 is 0 Å². The fraction of sp³-hybridized carbons (Fsp3) is 0.350. The van der Waals surface area contributed by atoms with Gasteiger partial charge in [-0.1, -0.05) is 56.3 Å². The van der Waals surface area contributed by atoms with E-state index in [4.69, 9.17) is 5.73 Å². The summed E-state index contributed by atoms with van der Waals surface area (Å²) < 4.78 is 0. The summed E-state index contributed by atoms with van der Waals surface area (Å²) in [6, 6.07) is 17.6. The van der Waals surface area contributed by atoms with Crippen molar-refractivity contribution >= 4 is 5.91 Å². The third-order valence-corrected chi connectivity index (χ3v) is 4.25. The molecule has 0 saturated heterocycles. The predicted molar refractivity (Wildman–Crippen MR) is 96.4 cm³/mol. The Labute approximate surface area is 143 Å². The first-order valence-corrected chi connectivity index (χ1v) is 8.29. The van der Waals surface area contributed by atoms with Crippen molar-refractivity contribution in [3.05, 3.63) is 71.3 Å². The molecule has 0 spiro atoms. The van der Waals surface area contributed by atoms with E-state index >= 15 is 0 Å². The molecule has 0 radical (unpaired) electrons. The highest BCUT2D eigenvalue weighted by atomic mass is 16.3. The lowest BCUT2D eigenvalue weighted by Crippen LogP contribution is -2.40. The van der Waals surface area contributed by atoms with Crippen molar-refractivity contribution in [3.63, 3.8) is 0 Å². The molecule has 0 aliphatic heterocycles. The SMILES string of the molecule is CC(C)C(CO)N(Cc1ccccc1)Cc1cccc(C(N)=O)c1. The van der Waals surface area contributed by atoms with E-state index < -0.39 is 5.91 Å². The van der Waals surface area contributed by atoms with Crippen molar-refractivity contribution in [1.29, 1.82) is 0 Å². The fourth-order valence-corrected chi connectivity index (χ4v) is 2.91. The molecule has 0 heterocycles. The molecule has 0 fully saturated rings. The molecule has 2 rings (SSSR count). The molecule has 1 amide bonds. The quantitative estimate of drug-likeness (QED) is 0.784. The molecule has 2 aromatic rings. The maximum atomic E-state index is 11.4. The van der Waals surface area contributed by atoms with E-state index in [1.54, 1.807) is 6.07 Å². The number of primary amides is 1. The average molecular weight is 326 g/mol. The van der Waals surface area contributed by atoms with Gasteiger partial charge in [-0.25, -0.2) is 0 Å². The Bertz CT molecular complexity index is 656. The number of carbonyl (C=O) groups is 1. The smallest absolute Gasteiger partial charge is 0.248 e. The summed E-state index contributed by atoms with van der Waals surface area (Å²) in [6.45, 7) is 5.71. The van der Waals surface area contributed by atoms with E-state index in [1.165, 1.54) is 5.56 Å². The van der Waals surface area contributed by atoms with E-state index in [0.29, 0.717) is 18.0 Å². The van der Waals surface area contributed by atoms with Crippen molar-refractivity contribution in [2.75, 3.05) is 6.61 Å². The van der Waals surface area contributed by atoms with Crippen molar-refractivity contribution in [2.45, 2.75) is 33.0 Å². The zero-order valence-electron chi connectivity index (χ0n) is 14.4. The summed E-state index contributed by atoms with van der Waals surface area (Å²) in [5, 5.41) is 9.85. The predicted octanol–water partition coefficient (Wildman–Crippen LogP) is 2.80. The maximum absolute atomic E-state index is 11.4. The first-order chi connectivity index (χ1) is 11.5. The number of nitrogens with two attached hydrogens (primary N) is 1. The van der Waals surface area contributed by atoms with Gasteiger partial charge in [-0.05, 0) is 29.2 Å². The van der Waals surface area contributed by atoms with Crippen LogP contribution in [0, 0.1) is 5.92 Å². The second kappa shape index (κ2) is 8.62. The zero-order chi connectivity index (χ0) is 17.5. The number of benzene rings is 2. The van der Waals surface area contributed by atoms with Gasteiger partial charge in [0.05, 0.1) is 6.61 Å². The average Bonchev–Trinajstić information content (AvgIpc) is 2.56. The van der Waals surface area contributed by atoms with Gasteiger partial charge < -0.3 is 10.8 Å². The monoisotopic (exact) mass is 326 g/mol. The largest absolute Gasteiger partial charge is 0.395 e. The molecule has 1 unspecified atom stereocenters. The minimum Gasteiger partial charge on any atom is -0.395 e. The molecular formula is C20H26N2O2. The van der Waals surface area contributed by atoms with Crippen LogP contribution in [-0.2, 0) is 13.1 Å². The van der Waals surface area contributed by atoms with Crippen LogP contribution in [0.4, 0.5) is 0 Å². The minimum atomic E-state index is -0.422. The molecule has 1 atom stereocenters. The van der Waals surface area contributed by atoms with E-state index in [-0.39, 0.29) is 12.6 Å². The summed E-state index contributed by atoms with van der Waals surface area (Å²) in [5.74, 6) is -0.105. The van der Waals surface area contributed by atoms with Crippen LogP contribution in [0.1, 0.15) is 35.3 Å². The molecule has 4 nitrogen and oxygen atoms in total. The molecule has 0 aliphatic rings. The number of aliphatic hydroxyl groups excluding tert-OH is 1. The number of nitrogens with zero attached hydrogens (tertiary/aromatic N) is 1. The number of aliphatic hydroxyl groups is 1. The van der Waals surface area contributed by atoms with Crippen molar-refractivity contribution < 1.29 is 9.90 Å². The second-order valence-corrected chi connectivity index (χ2v) is 6.45. The molecule has 0 bridgehead atoms. The van der Waals surface area contributed by atoms with Gasteiger partial charge in [0.1, 0.15) is 0 Å². The summed E-state index contributed by atoms with van der Waals surface area (Å²) in [6.07, 6.45) is 0. The molecule has 4 heteroatoms. The first kappa shape index (κ1) is 18.2. The van der Waals surface area contributed by atoms with E-state index in [0.717, 1.165) is 12.1 Å². The van der Waals surface area contributed by atoms with Crippen LogP contribution in [-0.4, -0.2) is 28.6 Å². The zero-order valence-corrected chi connectivity index (χ0v) is 14.4. The molecule has 0 aromatic heterocycles. The Balaban J connectivity index is 2.25. The Kier molecular flexibility index (Phi) is 6.53. The Hall–Kier alpha value is -2.17. The Morgan fingerprint density at radius 3 is 2.25 bits per heavy atom. The van der Waals surface area contributed by atoms with Crippen LogP contribution < -0.4 is 5.73 Å². The lowest BCUT2D eigenvalue weighted by molar-refractivity contribution is 0.0783. The highest BCUT2D eigenvalue weighted by molar-refractivity contribution is 5.92. The second-order valence-electron chi connectivity index (χ2n) is 6.45. The van der Waals surface area contributed by atoms with Crippen LogP contribution in [0.5, 0.6) is 0 Å². The lowest BCUT2D eigenvalue weighted by Gasteiger charge is -2.33. The molecule has 0 aliphatic carbocycles. The number of rotatable bonds is 8. The first-order valence-electron chi connectivity index (χ1n) is 8.29. The van der Waals surface area contributed by atoms with Gasteiger partial charge >= 0.3 is 0 Å². The molecule has 3 N–H and O–H groups in total. The molecule has 24 heavy (non-hydrogen) atoms. The number of hydrogen-bond acceptors (Lipinski definition) is 3.